The molecule has 0 bridgehead atoms. The summed E-state index contributed by atoms with van der Waals surface area (Å²) in [6.07, 6.45) is 0. The summed E-state index contributed by atoms with van der Waals surface area (Å²) in [4.78, 5) is 18.2. The van der Waals surface area contributed by atoms with E-state index in [1.165, 1.54) is 0 Å². The Bertz CT molecular complexity index is 640. The van der Waals surface area contributed by atoms with Gasteiger partial charge in [-0.15, -0.1) is 0 Å². The van der Waals surface area contributed by atoms with Crippen LogP contribution in [0.4, 0.5) is 11.4 Å². The van der Waals surface area contributed by atoms with Crippen LogP contribution < -0.4 is 15.1 Å². The smallest absolute Gasteiger partial charge is 0.315 e. The van der Waals surface area contributed by atoms with Gasteiger partial charge in [0, 0.05) is 22.6 Å². The van der Waals surface area contributed by atoms with Crippen LogP contribution in [0.2, 0.25) is 0 Å². The molecule has 0 aromatic heterocycles. The Kier molecular flexibility index (Phi) is 4.46. The summed E-state index contributed by atoms with van der Waals surface area (Å²) in [5.41, 5.74) is 8.91. The third-order valence-corrected chi connectivity index (χ3v) is 5.91. The Hall–Kier alpha value is -0.920. The molecule has 1 aromatic carbocycles. The van der Waals surface area contributed by atoms with E-state index in [1.54, 1.807) is 6.92 Å². The molecule has 0 fully saturated rings. The van der Waals surface area contributed by atoms with Gasteiger partial charge in [-0.1, -0.05) is 0 Å². The summed E-state index contributed by atoms with van der Waals surface area (Å²) in [6.45, 7) is 5.04. The number of benzene rings is 1. The minimum atomic E-state index is 0.0707. The van der Waals surface area contributed by atoms with Gasteiger partial charge in [-0.05, 0) is 38.8 Å². The second-order valence-corrected chi connectivity index (χ2v) is 7.18. The van der Waals surface area contributed by atoms with Crippen LogP contribution >= 0.6 is 31.9 Å². The lowest BCUT2D eigenvalue weighted by molar-refractivity contribution is -0.125. The Balaban J connectivity index is 2.69. The van der Waals surface area contributed by atoms with E-state index in [2.05, 4.69) is 36.9 Å². The predicted octanol–water partition coefficient (Wildman–Crippen LogP) is 2.77. The average Bonchev–Trinajstić information content (AvgIpc) is 2.80. The normalized spacial score (nSPS) is 15.3. The number of aliphatic imine (C=N–C) groups is 1. The first-order chi connectivity index (χ1) is 9.67. The van der Waals surface area contributed by atoms with Gasteiger partial charge in [0.05, 0.1) is 37.7 Å². The van der Waals surface area contributed by atoms with Crippen molar-refractivity contribution >= 4 is 55.1 Å². The van der Waals surface area contributed by atoms with E-state index < -0.39 is 0 Å². The van der Waals surface area contributed by atoms with Gasteiger partial charge < -0.3 is 10.6 Å². The number of quaternary nitrogens is 1. The van der Waals surface area contributed by atoms with Crippen molar-refractivity contribution in [2.24, 2.45) is 10.7 Å². The van der Waals surface area contributed by atoms with E-state index in [0.717, 1.165) is 32.4 Å². The first-order valence-corrected chi connectivity index (χ1v) is 8.18. The van der Waals surface area contributed by atoms with E-state index >= 15 is 0 Å². The molecule has 2 rings (SSSR count). The molecular weight excluding hydrogens is 400 g/mol. The van der Waals surface area contributed by atoms with Crippen LogP contribution in [-0.4, -0.2) is 39.1 Å². The number of rotatable bonds is 2. The largest absolute Gasteiger partial charge is 0.370 e. The van der Waals surface area contributed by atoms with Crippen LogP contribution in [0, 0.1) is 6.92 Å². The van der Waals surface area contributed by atoms with Crippen molar-refractivity contribution in [1.29, 1.82) is 0 Å². The van der Waals surface area contributed by atoms with Crippen molar-refractivity contribution in [2.45, 2.75) is 13.8 Å². The Labute approximate surface area is 141 Å². The standard InChI is InChI=1S/C14H19Br2N4O/c1-8-11(20(3,4)9(2)21)7-10(15)12(16)13(8)19-6-5-18-14(19)17/h7H,5-6H2,1-4H3,(H2,17,18)/q+1. The fraction of sp³-hybridized carbons (Fsp3) is 0.429. The van der Waals surface area contributed by atoms with Crippen molar-refractivity contribution in [3.63, 3.8) is 0 Å². The van der Waals surface area contributed by atoms with E-state index in [4.69, 9.17) is 5.73 Å². The fourth-order valence-electron chi connectivity index (χ4n) is 2.45. The predicted molar refractivity (Wildman–Crippen MR) is 94.7 cm³/mol. The van der Waals surface area contributed by atoms with Gasteiger partial charge in [0.15, 0.2) is 5.96 Å². The Morgan fingerprint density at radius 3 is 2.52 bits per heavy atom. The minimum absolute atomic E-state index is 0.0707. The number of hydrogen-bond acceptors (Lipinski definition) is 4. The molecule has 0 aliphatic carbocycles. The monoisotopic (exact) mass is 417 g/mol. The zero-order valence-corrected chi connectivity index (χ0v) is 15.7. The molecule has 1 aliphatic rings. The van der Waals surface area contributed by atoms with Crippen molar-refractivity contribution < 1.29 is 4.79 Å². The van der Waals surface area contributed by atoms with Crippen LogP contribution in [0.1, 0.15) is 12.5 Å². The van der Waals surface area contributed by atoms with Crippen LogP contribution in [0.15, 0.2) is 20.0 Å². The van der Waals surface area contributed by atoms with Crippen molar-refractivity contribution in [2.75, 3.05) is 32.1 Å². The molecule has 0 radical (unpaired) electrons. The summed E-state index contributed by atoms with van der Waals surface area (Å²) in [5, 5.41) is 0. The summed E-state index contributed by atoms with van der Waals surface area (Å²) in [7, 11) is 3.77. The molecule has 1 heterocycles. The highest BCUT2D eigenvalue weighted by atomic mass is 79.9. The summed E-state index contributed by atoms with van der Waals surface area (Å²) >= 11 is 7.18. The van der Waals surface area contributed by atoms with Gasteiger partial charge in [0.2, 0.25) is 0 Å². The van der Waals surface area contributed by atoms with E-state index in [0.29, 0.717) is 12.5 Å². The van der Waals surface area contributed by atoms with Gasteiger partial charge in [0.1, 0.15) is 5.69 Å². The van der Waals surface area contributed by atoms with E-state index in [-0.39, 0.29) is 10.4 Å². The van der Waals surface area contributed by atoms with Gasteiger partial charge in [0.25, 0.3) is 0 Å². The van der Waals surface area contributed by atoms with Gasteiger partial charge in [-0.25, -0.2) is 9.28 Å². The summed E-state index contributed by atoms with van der Waals surface area (Å²) in [5.74, 6) is 0.581. The Morgan fingerprint density at radius 1 is 1.43 bits per heavy atom. The molecule has 114 valence electrons. The van der Waals surface area contributed by atoms with Gasteiger partial charge >= 0.3 is 5.91 Å². The lowest BCUT2D eigenvalue weighted by Gasteiger charge is -2.30. The molecule has 0 unspecified atom stereocenters. The van der Waals surface area contributed by atoms with Crippen LogP contribution in [-0.2, 0) is 4.79 Å². The molecule has 2 N–H and O–H groups in total. The number of carbonyl (C=O) groups excluding carboxylic acids is 1. The SMILES string of the molecule is CC(=O)[N+](C)(C)c1cc(Br)c(Br)c(N2CCN=C2N)c1C. The maximum Gasteiger partial charge on any atom is 0.315 e. The van der Waals surface area contributed by atoms with E-state index in [1.807, 2.05) is 32.0 Å². The van der Waals surface area contributed by atoms with Gasteiger partial charge in [-0.2, -0.15) is 0 Å². The maximum atomic E-state index is 12.0. The molecule has 21 heavy (non-hydrogen) atoms. The third-order valence-electron chi connectivity index (χ3n) is 3.95. The highest BCUT2D eigenvalue weighted by Gasteiger charge is 2.32. The second-order valence-electron chi connectivity index (χ2n) is 5.53. The lowest BCUT2D eigenvalue weighted by atomic mass is 10.1. The topological polar surface area (TPSA) is 58.7 Å². The molecule has 5 nitrogen and oxygen atoms in total. The number of halogens is 2. The van der Waals surface area contributed by atoms with Crippen molar-refractivity contribution in [3.05, 3.63) is 20.6 Å². The Morgan fingerprint density at radius 2 is 2.05 bits per heavy atom. The molecule has 1 amide bonds. The van der Waals surface area contributed by atoms with Gasteiger partial charge in [-0.3, -0.25) is 4.99 Å². The molecule has 0 spiro atoms. The fourth-order valence-corrected chi connectivity index (χ4v) is 3.48. The van der Waals surface area contributed by atoms with Crippen LogP contribution in [0.25, 0.3) is 0 Å². The summed E-state index contributed by atoms with van der Waals surface area (Å²) < 4.78 is 1.99. The second kappa shape index (κ2) is 5.70. The average molecular weight is 419 g/mol. The van der Waals surface area contributed by atoms with Crippen LogP contribution in [0.3, 0.4) is 0 Å². The van der Waals surface area contributed by atoms with Crippen molar-refractivity contribution in [3.8, 4) is 0 Å². The third kappa shape index (κ3) is 2.74. The zero-order valence-electron chi connectivity index (χ0n) is 12.6. The lowest BCUT2D eigenvalue weighted by Crippen LogP contribution is -2.46. The highest BCUT2D eigenvalue weighted by molar-refractivity contribution is 9.13. The molecule has 0 atom stereocenters. The highest BCUT2D eigenvalue weighted by Crippen LogP contribution is 2.43. The molecular formula is C14H19Br2N4O+. The molecule has 1 aromatic rings. The summed E-state index contributed by atoms with van der Waals surface area (Å²) in [6, 6.07) is 1.98. The number of anilines is 1. The zero-order chi connectivity index (χ0) is 15.9. The maximum absolute atomic E-state index is 12.0. The number of hydrogen-bond donors (Lipinski definition) is 1. The molecule has 1 aliphatic heterocycles. The molecule has 7 heteroatoms. The number of guanidine groups is 1. The molecule has 0 saturated carbocycles. The minimum Gasteiger partial charge on any atom is -0.370 e. The number of carbonyl (C=O) groups is 1. The number of nitrogens with zero attached hydrogens (tertiary/aromatic N) is 3. The number of nitrogens with two attached hydrogens (primary N) is 1. The van der Waals surface area contributed by atoms with Crippen LogP contribution in [0.5, 0.6) is 0 Å². The number of amides is 1. The van der Waals surface area contributed by atoms with Crippen molar-refractivity contribution in [1.82, 2.24) is 4.48 Å². The molecule has 0 saturated heterocycles. The quantitative estimate of drug-likeness (QED) is 0.751. The first kappa shape index (κ1) is 16.5. The van der Waals surface area contributed by atoms with E-state index in [9.17, 15) is 4.79 Å². The first-order valence-electron chi connectivity index (χ1n) is 6.59.